The standard InChI is InChI=1S/C18H12F4N2O2S/c19-12-5-3-4-11(8-12)17-23-13(10-27-17)9-16(25)24-14-6-1-2-7-15(14)26-18(20,21)22/h1-8,10H,9H2,(H,24,25). The maximum atomic E-state index is 13.3. The summed E-state index contributed by atoms with van der Waals surface area (Å²) in [5, 5.41) is 4.56. The highest BCUT2D eigenvalue weighted by Gasteiger charge is 2.32. The number of hydrogen-bond donors (Lipinski definition) is 1. The molecule has 1 heterocycles. The number of anilines is 1. The Labute approximate surface area is 155 Å². The molecule has 0 radical (unpaired) electrons. The number of rotatable bonds is 5. The van der Waals surface area contributed by atoms with Crippen LogP contribution in [-0.2, 0) is 11.2 Å². The van der Waals surface area contributed by atoms with E-state index in [2.05, 4.69) is 15.0 Å². The summed E-state index contributed by atoms with van der Waals surface area (Å²) in [6.45, 7) is 0. The van der Waals surface area contributed by atoms with Crippen LogP contribution in [0.15, 0.2) is 53.9 Å². The van der Waals surface area contributed by atoms with Crippen molar-refractivity contribution in [2.24, 2.45) is 0 Å². The molecule has 1 aromatic heterocycles. The molecule has 2 aromatic carbocycles. The van der Waals surface area contributed by atoms with Crippen molar-refractivity contribution in [3.05, 3.63) is 65.4 Å². The first-order valence-corrected chi connectivity index (χ1v) is 8.53. The fraction of sp³-hybridized carbons (Fsp3) is 0.111. The fourth-order valence-corrected chi connectivity index (χ4v) is 3.10. The average Bonchev–Trinajstić information content (AvgIpc) is 3.04. The highest BCUT2D eigenvalue weighted by molar-refractivity contribution is 7.13. The van der Waals surface area contributed by atoms with E-state index in [0.29, 0.717) is 16.3 Å². The summed E-state index contributed by atoms with van der Waals surface area (Å²) in [5.74, 6) is -1.45. The molecule has 140 valence electrons. The molecule has 1 N–H and O–H groups in total. The summed E-state index contributed by atoms with van der Waals surface area (Å²) >= 11 is 1.24. The zero-order valence-electron chi connectivity index (χ0n) is 13.6. The number of hydrogen-bond acceptors (Lipinski definition) is 4. The Balaban J connectivity index is 1.69. The molecule has 0 aliphatic rings. The zero-order chi connectivity index (χ0) is 19.4. The van der Waals surface area contributed by atoms with Crippen LogP contribution in [-0.4, -0.2) is 17.3 Å². The Hall–Kier alpha value is -2.94. The smallest absolute Gasteiger partial charge is 0.404 e. The van der Waals surface area contributed by atoms with Crippen molar-refractivity contribution in [2.75, 3.05) is 5.32 Å². The second-order valence-electron chi connectivity index (χ2n) is 5.42. The number of carbonyl (C=O) groups excluding carboxylic acids is 1. The van der Waals surface area contributed by atoms with Gasteiger partial charge in [0.1, 0.15) is 10.8 Å². The topological polar surface area (TPSA) is 51.2 Å². The van der Waals surface area contributed by atoms with E-state index in [9.17, 15) is 22.4 Å². The van der Waals surface area contributed by atoms with Crippen molar-refractivity contribution >= 4 is 22.9 Å². The number of halogens is 4. The van der Waals surface area contributed by atoms with Gasteiger partial charge in [0.05, 0.1) is 17.8 Å². The van der Waals surface area contributed by atoms with Gasteiger partial charge in [0, 0.05) is 10.9 Å². The van der Waals surface area contributed by atoms with Crippen molar-refractivity contribution in [3.8, 4) is 16.3 Å². The van der Waals surface area contributed by atoms with E-state index in [1.807, 2.05) is 0 Å². The number of para-hydroxylation sites is 2. The van der Waals surface area contributed by atoms with E-state index >= 15 is 0 Å². The molecule has 0 unspecified atom stereocenters. The third-order valence-corrected chi connectivity index (χ3v) is 4.29. The Kier molecular flexibility index (Phi) is 5.41. The van der Waals surface area contributed by atoms with Gasteiger partial charge in [-0.3, -0.25) is 4.79 Å². The number of carbonyl (C=O) groups is 1. The van der Waals surface area contributed by atoms with Crippen LogP contribution in [0.25, 0.3) is 10.6 Å². The first-order chi connectivity index (χ1) is 12.8. The molecule has 0 spiro atoms. The van der Waals surface area contributed by atoms with Gasteiger partial charge in [-0.1, -0.05) is 24.3 Å². The first kappa shape index (κ1) is 18.8. The molecule has 0 saturated heterocycles. The normalized spacial score (nSPS) is 11.3. The quantitative estimate of drug-likeness (QED) is 0.616. The van der Waals surface area contributed by atoms with E-state index in [-0.39, 0.29) is 12.1 Å². The lowest BCUT2D eigenvalue weighted by Gasteiger charge is -2.13. The molecule has 0 saturated carbocycles. The second-order valence-corrected chi connectivity index (χ2v) is 6.28. The van der Waals surface area contributed by atoms with Crippen molar-refractivity contribution in [1.82, 2.24) is 4.98 Å². The molecule has 3 rings (SSSR count). The lowest BCUT2D eigenvalue weighted by Crippen LogP contribution is -2.20. The van der Waals surface area contributed by atoms with Gasteiger partial charge in [0.15, 0.2) is 5.75 Å². The van der Waals surface area contributed by atoms with Gasteiger partial charge in [0.25, 0.3) is 0 Å². The molecule has 0 bridgehead atoms. The predicted molar refractivity (Wildman–Crippen MR) is 93.0 cm³/mol. The van der Waals surface area contributed by atoms with Gasteiger partial charge in [-0.15, -0.1) is 24.5 Å². The van der Waals surface area contributed by atoms with Gasteiger partial charge in [-0.2, -0.15) is 0 Å². The summed E-state index contributed by atoms with van der Waals surface area (Å²) < 4.78 is 54.5. The second kappa shape index (κ2) is 7.75. The number of aromatic nitrogens is 1. The molecule has 0 aliphatic carbocycles. The summed E-state index contributed by atoms with van der Waals surface area (Å²) in [7, 11) is 0. The third-order valence-electron chi connectivity index (χ3n) is 3.35. The van der Waals surface area contributed by atoms with E-state index < -0.39 is 23.8 Å². The van der Waals surface area contributed by atoms with E-state index in [4.69, 9.17) is 0 Å². The van der Waals surface area contributed by atoms with Crippen molar-refractivity contribution in [2.45, 2.75) is 12.8 Å². The highest BCUT2D eigenvalue weighted by Crippen LogP contribution is 2.30. The molecule has 0 atom stereocenters. The maximum Gasteiger partial charge on any atom is 0.573 e. The molecule has 0 fully saturated rings. The Morgan fingerprint density at radius 2 is 1.93 bits per heavy atom. The molecule has 3 aromatic rings. The van der Waals surface area contributed by atoms with Crippen LogP contribution < -0.4 is 10.1 Å². The number of amides is 1. The minimum Gasteiger partial charge on any atom is -0.404 e. The SMILES string of the molecule is O=C(Cc1csc(-c2cccc(F)c2)n1)Nc1ccccc1OC(F)(F)F. The van der Waals surface area contributed by atoms with Crippen molar-refractivity contribution in [3.63, 3.8) is 0 Å². The maximum absolute atomic E-state index is 13.3. The number of thiazole rings is 1. The van der Waals surface area contributed by atoms with Gasteiger partial charge in [0.2, 0.25) is 5.91 Å². The van der Waals surface area contributed by atoms with Crippen molar-refractivity contribution < 1.29 is 27.1 Å². The third kappa shape index (κ3) is 5.27. The lowest BCUT2D eigenvalue weighted by molar-refractivity contribution is -0.274. The molecule has 4 nitrogen and oxygen atoms in total. The Bertz CT molecular complexity index is 956. The minimum atomic E-state index is -4.87. The number of nitrogens with zero attached hydrogens (tertiary/aromatic N) is 1. The molecule has 0 aliphatic heterocycles. The predicted octanol–water partition coefficient (Wildman–Crippen LogP) is 5.03. The summed E-state index contributed by atoms with van der Waals surface area (Å²) in [5.41, 5.74) is 0.905. The number of nitrogens with one attached hydrogen (secondary N) is 1. The molecule has 27 heavy (non-hydrogen) atoms. The first-order valence-electron chi connectivity index (χ1n) is 7.65. The molecular formula is C18H12F4N2O2S. The van der Waals surface area contributed by atoms with Crippen LogP contribution in [0, 0.1) is 5.82 Å². The Morgan fingerprint density at radius 3 is 2.67 bits per heavy atom. The molecule has 9 heteroatoms. The number of benzene rings is 2. The largest absolute Gasteiger partial charge is 0.573 e. The van der Waals surface area contributed by atoms with E-state index in [0.717, 1.165) is 6.07 Å². The number of ether oxygens (including phenoxy) is 1. The van der Waals surface area contributed by atoms with Crippen LogP contribution >= 0.6 is 11.3 Å². The average molecular weight is 396 g/mol. The van der Waals surface area contributed by atoms with Crippen LogP contribution in [0.5, 0.6) is 5.75 Å². The van der Waals surface area contributed by atoms with Crippen LogP contribution in [0.1, 0.15) is 5.69 Å². The van der Waals surface area contributed by atoms with Gasteiger partial charge in [-0.05, 0) is 24.3 Å². The number of alkyl halides is 3. The molecular weight excluding hydrogens is 384 g/mol. The van der Waals surface area contributed by atoms with Crippen LogP contribution in [0.3, 0.4) is 0 Å². The monoisotopic (exact) mass is 396 g/mol. The zero-order valence-corrected chi connectivity index (χ0v) is 14.4. The summed E-state index contributed by atoms with van der Waals surface area (Å²) in [4.78, 5) is 16.4. The molecule has 1 amide bonds. The van der Waals surface area contributed by atoms with E-state index in [1.54, 1.807) is 17.5 Å². The summed E-state index contributed by atoms with van der Waals surface area (Å²) in [6, 6.07) is 11.1. The van der Waals surface area contributed by atoms with E-state index in [1.165, 1.54) is 41.7 Å². The van der Waals surface area contributed by atoms with Crippen LogP contribution in [0.4, 0.5) is 23.2 Å². The van der Waals surface area contributed by atoms with Gasteiger partial charge < -0.3 is 10.1 Å². The van der Waals surface area contributed by atoms with Gasteiger partial charge in [-0.25, -0.2) is 9.37 Å². The Morgan fingerprint density at radius 1 is 1.15 bits per heavy atom. The van der Waals surface area contributed by atoms with Gasteiger partial charge >= 0.3 is 6.36 Å². The fourth-order valence-electron chi connectivity index (χ4n) is 2.28. The lowest BCUT2D eigenvalue weighted by atomic mass is 10.2. The highest BCUT2D eigenvalue weighted by atomic mass is 32.1. The minimum absolute atomic E-state index is 0.0968. The summed E-state index contributed by atoms with van der Waals surface area (Å²) in [6.07, 6.45) is -5.01. The van der Waals surface area contributed by atoms with Crippen molar-refractivity contribution in [1.29, 1.82) is 0 Å². The van der Waals surface area contributed by atoms with Crippen LogP contribution in [0.2, 0.25) is 0 Å².